The van der Waals surface area contributed by atoms with Crippen molar-refractivity contribution >= 4 is 35.5 Å². The number of carbonyl (C=O) groups is 6. The number of hydrogen-bond acceptors (Lipinski definition) is 10. The largest absolute Gasteiger partial charge is 0.480 e. The van der Waals surface area contributed by atoms with E-state index in [4.69, 9.17) is 11.5 Å². The van der Waals surface area contributed by atoms with Crippen molar-refractivity contribution in [3.05, 3.63) is 54.1 Å². The lowest BCUT2D eigenvalue weighted by Gasteiger charge is -2.30. The van der Waals surface area contributed by atoms with Crippen LogP contribution < -0.4 is 32.7 Å². The fourth-order valence-corrected chi connectivity index (χ4v) is 6.13. The Bertz CT molecular complexity index is 1510. The van der Waals surface area contributed by atoms with Gasteiger partial charge in [0, 0.05) is 31.3 Å². The van der Waals surface area contributed by atoms with E-state index in [0.717, 1.165) is 0 Å². The summed E-state index contributed by atoms with van der Waals surface area (Å²) in [6, 6.07) is 1.95. The van der Waals surface area contributed by atoms with Crippen LogP contribution in [0, 0.1) is 5.92 Å². The molecule has 1 fully saturated rings. The summed E-state index contributed by atoms with van der Waals surface area (Å²) in [5, 5.41) is 30.5. The van der Waals surface area contributed by atoms with Crippen LogP contribution in [0.15, 0.2) is 42.9 Å². The molecule has 1 saturated heterocycles. The number of carbonyl (C=O) groups excluding carboxylic acids is 5. The lowest BCUT2D eigenvalue weighted by molar-refractivity contribution is -0.142. The van der Waals surface area contributed by atoms with Crippen LogP contribution >= 0.6 is 0 Å². The molecule has 53 heavy (non-hydrogen) atoms. The number of carboxylic acids is 1. The quantitative estimate of drug-likeness (QED) is 0.0707. The van der Waals surface area contributed by atoms with Crippen LogP contribution in [0.2, 0.25) is 0 Å². The zero-order valence-corrected chi connectivity index (χ0v) is 30.6. The molecule has 17 heteroatoms. The molecule has 1 aliphatic heterocycles. The number of aromatic nitrogens is 2. The molecule has 1 aliphatic rings. The summed E-state index contributed by atoms with van der Waals surface area (Å²) in [4.78, 5) is 88.2. The van der Waals surface area contributed by atoms with Crippen molar-refractivity contribution in [1.82, 2.24) is 36.1 Å². The van der Waals surface area contributed by atoms with Gasteiger partial charge in [0.2, 0.25) is 29.5 Å². The normalized spacial score (nSPS) is 17.6. The van der Waals surface area contributed by atoms with Crippen molar-refractivity contribution in [3.8, 4) is 0 Å². The third-order valence-corrected chi connectivity index (χ3v) is 9.07. The fourth-order valence-electron chi connectivity index (χ4n) is 6.13. The Morgan fingerprint density at radius 1 is 0.906 bits per heavy atom. The van der Waals surface area contributed by atoms with Gasteiger partial charge in [-0.2, -0.15) is 0 Å². The Balaban J connectivity index is 1.81. The summed E-state index contributed by atoms with van der Waals surface area (Å²) < 4.78 is 0. The van der Waals surface area contributed by atoms with Gasteiger partial charge in [-0.1, -0.05) is 44.2 Å². The molecule has 1 aromatic carbocycles. The molecule has 0 aliphatic carbocycles. The van der Waals surface area contributed by atoms with Gasteiger partial charge in [0.15, 0.2) is 0 Å². The molecule has 1 aromatic heterocycles. The number of benzene rings is 1. The zero-order valence-electron chi connectivity index (χ0n) is 30.6. The van der Waals surface area contributed by atoms with Gasteiger partial charge >= 0.3 is 5.97 Å². The average molecular weight is 742 g/mol. The van der Waals surface area contributed by atoms with Crippen LogP contribution in [0.1, 0.15) is 70.6 Å². The van der Waals surface area contributed by atoms with Crippen molar-refractivity contribution in [1.29, 1.82) is 0 Å². The number of hydrogen-bond donors (Lipinski definition) is 9. The highest BCUT2D eigenvalue weighted by Gasteiger charge is 2.39. The fraction of sp³-hybridized carbons (Fsp3) is 0.583. The van der Waals surface area contributed by atoms with E-state index < -0.39 is 77.9 Å². The standard InChI is InChI=1S/C36H55N9O8/c1-21(2)16-26(32(48)44-28(36(52)53)17-23-10-5-4-6-11-23)42-33(49)27(18-24-19-39-20-40-24)43-31(47)25(12-7-8-14-37)41-34(50)29-13-9-15-45(29)35(51)30(38)22(3)46/h4-6,10-11,19-22,25-30,46H,7-9,12-18,37-38H2,1-3H3,(H,39,40)(H,41,50)(H,42,49)(H,43,47)(H,44,48)(H,52,53)/t22-,25+,26+,27+,28+,29+,30+/m1/s1. The number of amides is 5. The SMILES string of the molecule is CC(C)C[C@H](NC(=O)[C@H](Cc1cnc[nH]1)NC(=O)[C@H](CCCCN)NC(=O)[C@@H]1CCCN1C(=O)[C@@H](N)[C@@H](C)O)C(=O)N[C@@H](Cc1ccccc1)C(=O)O. The second kappa shape index (κ2) is 21.0. The molecule has 0 radical (unpaired) electrons. The molecule has 0 unspecified atom stereocenters. The van der Waals surface area contributed by atoms with Crippen LogP contribution in [0.5, 0.6) is 0 Å². The number of nitrogens with zero attached hydrogens (tertiary/aromatic N) is 2. The van der Waals surface area contributed by atoms with E-state index in [2.05, 4.69) is 31.2 Å². The minimum atomic E-state index is -1.26. The Labute approximate surface area is 309 Å². The number of carboxylic acid groups (broad SMARTS) is 1. The summed E-state index contributed by atoms with van der Waals surface area (Å²) >= 11 is 0. The van der Waals surface area contributed by atoms with Gasteiger partial charge in [0.05, 0.1) is 12.4 Å². The maximum absolute atomic E-state index is 13.9. The minimum absolute atomic E-state index is 0.0279. The van der Waals surface area contributed by atoms with Crippen molar-refractivity contribution in [2.75, 3.05) is 13.1 Å². The van der Waals surface area contributed by atoms with Crippen molar-refractivity contribution in [2.24, 2.45) is 17.4 Å². The Kier molecular flexibility index (Phi) is 16.8. The first kappa shape index (κ1) is 42.5. The Hall–Kier alpha value is -4.87. The van der Waals surface area contributed by atoms with E-state index in [-0.39, 0.29) is 38.1 Å². The summed E-state index contributed by atoms with van der Waals surface area (Å²) in [6.07, 6.45) is 3.98. The van der Waals surface area contributed by atoms with Gasteiger partial charge in [0.25, 0.3) is 0 Å². The predicted octanol–water partition coefficient (Wildman–Crippen LogP) is -0.907. The number of aromatic amines is 1. The molecule has 0 spiro atoms. The summed E-state index contributed by atoms with van der Waals surface area (Å²) in [7, 11) is 0. The molecule has 3 rings (SSSR count). The van der Waals surface area contributed by atoms with Gasteiger partial charge in [0.1, 0.15) is 36.3 Å². The van der Waals surface area contributed by atoms with E-state index in [0.29, 0.717) is 43.5 Å². The monoisotopic (exact) mass is 741 g/mol. The van der Waals surface area contributed by atoms with E-state index in [9.17, 15) is 39.0 Å². The number of unbranched alkanes of at least 4 members (excludes halogenated alkanes) is 1. The highest BCUT2D eigenvalue weighted by Crippen LogP contribution is 2.20. The second-order valence-corrected chi connectivity index (χ2v) is 13.9. The first-order valence-corrected chi connectivity index (χ1v) is 18.1. The molecule has 17 nitrogen and oxygen atoms in total. The van der Waals surface area contributed by atoms with Gasteiger partial charge < -0.3 is 52.8 Å². The molecular formula is C36H55N9O8. The maximum atomic E-state index is 13.9. The van der Waals surface area contributed by atoms with Crippen LogP contribution in [0.3, 0.4) is 0 Å². The predicted molar refractivity (Wildman–Crippen MR) is 195 cm³/mol. The highest BCUT2D eigenvalue weighted by atomic mass is 16.4. The van der Waals surface area contributed by atoms with Crippen LogP contribution in [-0.2, 0) is 41.6 Å². The molecule has 2 heterocycles. The van der Waals surface area contributed by atoms with E-state index in [1.807, 2.05) is 13.8 Å². The summed E-state index contributed by atoms with van der Waals surface area (Å²) in [6.45, 7) is 5.69. The topological polar surface area (TPSA) is 275 Å². The number of nitrogens with two attached hydrogens (primary N) is 2. The van der Waals surface area contributed by atoms with Crippen LogP contribution in [-0.4, -0.2) is 116 Å². The molecule has 7 atom stereocenters. The Morgan fingerprint density at radius 3 is 2.15 bits per heavy atom. The first-order chi connectivity index (χ1) is 25.2. The minimum Gasteiger partial charge on any atom is -0.480 e. The summed E-state index contributed by atoms with van der Waals surface area (Å²) in [5.41, 5.74) is 12.8. The molecule has 292 valence electrons. The number of rotatable bonds is 21. The highest BCUT2D eigenvalue weighted by molar-refractivity contribution is 5.96. The number of H-pyrrole nitrogens is 1. The van der Waals surface area contributed by atoms with Gasteiger partial charge in [-0.15, -0.1) is 0 Å². The Morgan fingerprint density at radius 2 is 1.55 bits per heavy atom. The number of aliphatic hydroxyl groups is 1. The smallest absolute Gasteiger partial charge is 0.326 e. The molecule has 0 bridgehead atoms. The number of imidazole rings is 1. The third-order valence-electron chi connectivity index (χ3n) is 9.07. The third kappa shape index (κ3) is 13.2. The van der Waals surface area contributed by atoms with Crippen molar-refractivity contribution < 1.29 is 39.0 Å². The molecular weight excluding hydrogens is 686 g/mol. The number of likely N-dealkylation sites (tertiary alicyclic amines) is 1. The zero-order chi connectivity index (χ0) is 39.1. The first-order valence-electron chi connectivity index (χ1n) is 18.1. The molecule has 11 N–H and O–H groups in total. The van der Waals surface area contributed by atoms with Crippen molar-refractivity contribution in [3.63, 3.8) is 0 Å². The molecule has 0 saturated carbocycles. The second-order valence-electron chi connectivity index (χ2n) is 13.9. The average Bonchev–Trinajstić information content (AvgIpc) is 3.83. The van der Waals surface area contributed by atoms with E-state index in [1.165, 1.54) is 24.3 Å². The van der Waals surface area contributed by atoms with E-state index >= 15 is 0 Å². The number of aliphatic hydroxyl groups excluding tert-OH is 1. The van der Waals surface area contributed by atoms with Crippen molar-refractivity contribution in [2.45, 2.75) is 114 Å². The van der Waals surface area contributed by atoms with Gasteiger partial charge in [-0.3, -0.25) is 24.0 Å². The van der Waals surface area contributed by atoms with Gasteiger partial charge in [-0.05, 0) is 63.5 Å². The summed E-state index contributed by atoms with van der Waals surface area (Å²) in [5.74, 6) is -4.55. The van der Waals surface area contributed by atoms with Gasteiger partial charge in [-0.25, -0.2) is 9.78 Å². The van der Waals surface area contributed by atoms with E-state index in [1.54, 1.807) is 30.3 Å². The van der Waals surface area contributed by atoms with Crippen LogP contribution in [0.25, 0.3) is 0 Å². The maximum Gasteiger partial charge on any atom is 0.326 e. The van der Waals surface area contributed by atoms with Crippen LogP contribution in [0.4, 0.5) is 0 Å². The lowest BCUT2D eigenvalue weighted by Crippen LogP contribution is -2.60. The lowest BCUT2D eigenvalue weighted by atomic mass is 10.0. The molecule has 5 amide bonds. The number of aliphatic carboxylic acids is 1. The number of nitrogens with one attached hydrogen (secondary N) is 5. The molecule has 2 aromatic rings.